The zero-order valence-corrected chi connectivity index (χ0v) is 14.1. The first-order chi connectivity index (χ1) is 11.9. The first-order valence-electron chi connectivity index (χ1n) is 7.62. The zero-order chi connectivity index (χ0) is 18.1. The summed E-state index contributed by atoms with van der Waals surface area (Å²) >= 11 is 0. The second-order valence-corrected chi connectivity index (χ2v) is 5.89. The van der Waals surface area contributed by atoms with E-state index in [0.717, 1.165) is 0 Å². The van der Waals surface area contributed by atoms with Crippen molar-refractivity contribution in [2.45, 2.75) is 0 Å². The van der Waals surface area contributed by atoms with E-state index in [1.54, 1.807) is 45.4 Å². The van der Waals surface area contributed by atoms with E-state index in [0.29, 0.717) is 10.8 Å². The first kappa shape index (κ1) is 16.6. The lowest BCUT2D eigenvalue weighted by Crippen LogP contribution is -2.24. The average Bonchev–Trinajstić information content (AvgIpc) is 2.93. The lowest BCUT2D eigenvalue weighted by Gasteiger charge is -2.11. The highest BCUT2D eigenvalue weighted by Crippen LogP contribution is 2.23. The van der Waals surface area contributed by atoms with Crippen LogP contribution in [-0.4, -0.2) is 40.6 Å². The number of aryl methyl sites for hydroxylation is 1. The molecule has 3 rings (SSSR count). The maximum absolute atomic E-state index is 13.9. The highest BCUT2D eigenvalue weighted by atomic mass is 19.1. The maximum atomic E-state index is 13.9. The highest BCUT2D eigenvalue weighted by molar-refractivity contribution is 6.14. The minimum atomic E-state index is -0.503. The van der Waals surface area contributed by atoms with Gasteiger partial charge >= 0.3 is 0 Å². The summed E-state index contributed by atoms with van der Waals surface area (Å²) in [6, 6.07) is 9.60. The van der Waals surface area contributed by atoms with E-state index in [1.165, 1.54) is 27.9 Å². The van der Waals surface area contributed by atoms with Crippen molar-refractivity contribution in [1.82, 2.24) is 14.7 Å². The molecule has 25 heavy (non-hydrogen) atoms. The van der Waals surface area contributed by atoms with Crippen LogP contribution in [0.4, 0.5) is 10.1 Å². The van der Waals surface area contributed by atoms with Crippen LogP contribution in [0, 0.1) is 5.82 Å². The van der Waals surface area contributed by atoms with Crippen molar-refractivity contribution in [2.24, 2.45) is 7.05 Å². The van der Waals surface area contributed by atoms with Gasteiger partial charge in [0.15, 0.2) is 5.69 Å². The molecule has 1 aromatic heterocycles. The largest absolute Gasteiger partial charge is 0.343 e. The minimum Gasteiger partial charge on any atom is -0.343 e. The fourth-order valence-electron chi connectivity index (χ4n) is 2.60. The Morgan fingerprint density at radius 2 is 1.92 bits per heavy atom. The molecule has 1 N–H and O–H groups in total. The van der Waals surface area contributed by atoms with Gasteiger partial charge < -0.3 is 10.2 Å². The Morgan fingerprint density at radius 3 is 2.64 bits per heavy atom. The molecule has 7 heteroatoms. The minimum absolute atomic E-state index is 0.126. The number of rotatable bonds is 3. The van der Waals surface area contributed by atoms with Gasteiger partial charge in [0.05, 0.1) is 11.3 Å². The highest BCUT2D eigenvalue weighted by Gasteiger charge is 2.21. The number of carbonyl (C=O) groups excluding carboxylic acids is 2. The summed E-state index contributed by atoms with van der Waals surface area (Å²) < 4.78 is 15.3. The molecule has 0 radical (unpaired) electrons. The molecule has 0 atom stereocenters. The number of aromatic nitrogens is 2. The second-order valence-electron chi connectivity index (χ2n) is 5.89. The predicted octanol–water partition coefficient (Wildman–Crippen LogP) is 2.67. The normalized spacial score (nSPS) is 10.7. The summed E-state index contributed by atoms with van der Waals surface area (Å²) in [7, 11) is 4.85. The van der Waals surface area contributed by atoms with Crippen LogP contribution in [-0.2, 0) is 7.05 Å². The molecule has 0 saturated carbocycles. The fourth-order valence-corrected chi connectivity index (χ4v) is 2.60. The van der Waals surface area contributed by atoms with Crippen molar-refractivity contribution in [3.8, 4) is 0 Å². The third-order valence-corrected chi connectivity index (χ3v) is 3.76. The third-order valence-electron chi connectivity index (χ3n) is 3.76. The predicted molar refractivity (Wildman–Crippen MR) is 93.1 cm³/mol. The molecule has 0 bridgehead atoms. The number of hydrogen-bond donors (Lipinski definition) is 1. The standard InChI is InChI=1S/C18H17FN4O2/c1-22(2)18(25)16-15(10-23(3)21-16)20-17(24)14-9-12(19)8-11-6-4-5-7-13(11)14/h4-10H,1-3H3,(H,20,24). The van der Waals surface area contributed by atoms with E-state index >= 15 is 0 Å². The Labute approximate surface area is 143 Å². The van der Waals surface area contributed by atoms with Gasteiger partial charge in [-0.1, -0.05) is 24.3 Å². The van der Waals surface area contributed by atoms with Gasteiger partial charge in [0, 0.05) is 27.3 Å². The zero-order valence-electron chi connectivity index (χ0n) is 14.1. The van der Waals surface area contributed by atoms with E-state index < -0.39 is 11.7 Å². The molecule has 2 aromatic carbocycles. The molecular formula is C18H17FN4O2. The van der Waals surface area contributed by atoms with Crippen molar-refractivity contribution in [2.75, 3.05) is 19.4 Å². The summed E-state index contributed by atoms with van der Waals surface area (Å²) in [5, 5.41) is 8.02. The second kappa shape index (κ2) is 6.35. The average molecular weight is 340 g/mol. The molecular weight excluding hydrogens is 323 g/mol. The smallest absolute Gasteiger partial charge is 0.276 e. The van der Waals surface area contributed by atoms with Crippen LogP contribution in [0.5, 0.6) is 0 Å². The van der Waals surface area contributed by atoms with Crippen molar-refractivity contribution in [3.63, 3.8) is 0 Å². The molecule has 2 amide bonds. The molecule has 0 saturated heterocycles. The molecule has 0 fully saturated rings. The number of anilines is 1. The van der Waals surface area contributed by atoms with Crippen LogP contribution < -0.4 is 5.32 Å². The van der Waals surface area contributed by atoms with Gasteiger partial charge in [0.25, 0.3) is 11.8 Å². The lowest BCUT2D eigenvalue weighted by molar-refractivity contribution is 0.0822. The van der Waals surface area contributed by atoms with Gasteiger partial charge in [-0.05, 0) is 22.9 Å². The summed E-state index contributed by atoms with van der Waals surface area (Å²) in [6.45, 7) is 0. The quantitative estimate of drug-likeness (QED) is 0.797. The molecule has 128 valence electrons. The van der Waals surface area contributed by atoms with Crippen LogP contribution >= 0.6 is 0 Å². The van der Waals surface area contributed by atoms with Crippen LogP contribution in [0.15, 0.2) is 42.6 Å². The monoisotopic (exact) mass is 340 g/mol. The number of carbonyl (C=O) groups is 2. The molecule has 0 unspecified atom stereocenters. The van der Waals surface area contributed by atoms with Gasteiger partial charge in [-0.2, -0.15) is 5.10 Å². The molecule has 0 aliphatic carbocycles. The molecule has 6 nitrogen and oxygen atoms in total. The molecule has 1 heterocycles. The van der Waals surface area contributed by atoms with Gasteiger partial charge in [-0.3, -0.25) is 14.3 Å². The molecule has 0 spiro atoms. The van der Waals surface area contributed by atoms with Crippen LogP contribution in [0.25, 0.3) is 10.8 Å². The van der Waals surface area contributed by atoms with E-state index in [1.807, 2.05) is 0 Å². The Kier molecular flexibility index (Phi) is 4.22. The van der Waals surface area contributed by atoms with Crippen LogP contribution in [0.3, 0.4) is 0 Å². The topological polar surface area (TPSA) is 67.2 Å². The van der Waals surface area contributed by atoms with Crippen LogP contribution in [0.2, 0.25) is 0 Å². The van der Waals surface area contributed by atoms with Crippen molar-refractivity contribution in [1.29, 1.82) is 0 Å². The van der Waals surface area contributed by atoms with Gasteiger partial charge in [-0.15, -0.1) is 0 Å². The number of nitrogens with zero attached hydrogens (tertiary/aromatic N) is 3. The number of hydrogen-bond acceptors (Lipinski definition) is 3. The third kappa shape index (κ3) is 3.21. The first-order valence-corrected chi connectivity index (χ1v) is 7.62. The van der Waals surface area contributed by atoms with Crippen molar-refractivity contribution >= 4 is 28.3 Å². The number of benzene rings is 2. The maximum Gasteiger partial charge on any atom is 0.276 e. The van der Waals surface area contributed by atoms with Crippen molar-refractivity contribution < 1.29 is 14.0 Å². The Hall–Kier alpha value is -3.22. The number of amides is 2. The Bertz CT molecular complexity index is 978. The van der Waals surface area contributed by atoms with Gasteiger partial charge in [-0.25, -0.2) is 4.39 Å². The van der Waals surface area contributed by atoms with Gasteiger partial charge in [0.1, 0.15) is 5.82 Å². The van der Waals surface area contributed by atoms with Crippen LogP contribution in [0.1, 0.15) is 20.8 Å². The Balaban J connectivity index is 2.01. The number of fused-ring (bicyclic) bond motifs is 1. The fraction of sp³-hybridized carbons (Fsp3) is 0.167. The number of nitrogens with one attached hydrogen (secondary N) is 1. The SMILES string of the molecule is CN(C)C(=O)c1nn(C)cc1NC(=O)c1cc(F)cc2ccccc12. The Morgan fingerprint density at radius 1 is 1.20 bits per heavy atom. The number of halogens is 1. The summed E-state index contributed by atoms with van der Waals surface area (Å²) in [6.07, 6.45) is 1.54. The van der Waals surface area contributed by atoms with Gasteiger partial charge in [0.2, 0.25) is 0 Å². The molecule has 3 aromatic rings. The summed E-state index contributed by atoms with van der Waals surface area (Å²) in [5.74, 6) is -1.34. The van der Waals surface area contributed by atoms with E-state index in [2.05, 4.69) is 10.4 Å². The van der Waals surface area contributed by atoms with E-state index in [9.17, 15) is 14.0 Å². The van der Waals surface area contributed by atoms with E-state index in [-0.39, 0.29) is 22.9 Å². The molecule has 0 aliphatic heterocycles. The van der Waals surface area contributed by atoms with E-state index in [4.69, 9.17) is 0 Å². The van der Waals surface area contributed by atoms with Crippen molar-refractivity contribution in [3.05, 3.63) is 59.7 Å². The lowest BCUT2D eigenvalue weighted by atomic mass is 10.0. The summed E-state index contributed by atoms with van der Waals surface area (Å²) in [5.41, 5.74) is 0.601. The summed E-state index contributed by atoms with van der Waals surface area (Å²) in [4.78, 5) is 26.3. The molecule has 0 aliphatic rings.